The van der Waals surface area contributed by atoms with Crippen molar-refractivity contribution in [1.29, 1.82) is 0 Å². The summed E-state index contributed by atoms with van der Waals surface area (Å²) in [6, 6.07) is 4.11. The van der Waals surface area contributed by atoms with E-state index < -0.39 is 53.6 Å². The molecule has 1 aromatic heterocycles. The van der Waals surface area contributed by atoms with Crippen LogP contribution in [-0.2, 0) is 22.6 Å². The SMILES string of the molecule is Cc1cc(NC(=O)c2c(C)c(C(=O)C(=O)NC3(C(N)=O)CC(F)(F)C3)n3c2CCCC3)ccc1F. The molecular weight excluding hydrogens is 465 g/mol. The lowest BCUT2D eigenvalue weighted by Crippen LogP contribution is -2.69. The molecule has 0 saturated heterocycles. The molecule has 0 unspecified atom stereocenters. The third-order valence-corrected chi connectivity index (χ3v) is 6.67. The molecule has 1 fully saturated rings. The van der Waals surface area contributed by atoms with Crippen LogP contribution in [0.3, 0.4) is 0 Å². The van der Waals surface area contributed by atoms with Gasteiger partial charge in [0.25, 0.3) is 23.5 Å². The van der Waals surface area contributed by atoms with Crippen molar-refractivity contribution in [2.45, 2.75) is 64.0 Å². The Morgan fingerprint density at radius 1 is 1.09 bits per heavy atom. The number of alkyl halides is 2. The number of Topliss-reactive ketones (excluding diaryl/α,β-unsaturated/α-hetero) is 1. The van der Waals surface area contributed by atoms with Gasteiger partial charge in [0.1, 0.15) is 11.4 Å². The van der Waals surface area contributed by atoms with E-state index in [4.69, 9.17) is 5.73 Å². The molecule has 1 aliphatic heterocycles. The fraction of sp³-hybridized carbons (Fsp3) is 0.417. The Labute approximate surface area is 199 Å². The molecule has 2 aromatic rings. The van der Waals surface area contributed by atoms with E-state index in [1.807, 2.05) is 0 Å². The summed E-state index contributed by atoms with van der Waals surface area (Å²) in [5.41, 5.74) is 4.96. The van der Waals surface area contributed by atoms with E-state index in [-0.39, 0.29) is 16.8 Å². The molecule has 35 heavy (non-hydrogen) atoms. The van der Waals surface area contributed by atoms with Gasteiger partial charge in [-0.1, -0.05) is 0 Å². The summed E-state index contributed by atoms with van der Waals surface area (Å²) >= 11 is 0. The van der Waals surface area contributed by atoms with Gasteiger partial charge >= 0.3 is 0 Å². The summed E-state index contributed by atoms with van der Waals surface area (Å²) in [4.78, 5) is 50.9. The minimum atomic E-state index is -3.17. The maximum Gasteiger partial charge on any atom is 0.294 e. The second-order valence-electron chi connectivity index (χ2n) is 9.26. The highest BCUT2D eigenvalue weighted by Crippen LogP contribution is 2.45. The highest BCUT2D eigenvalue weighted by atomic mass is 19.3. The number of carbonyl (C=O) groups excluding carboxylic acids is 4. The number of hydrogen-bond donors (Lipinski definition) is 3. The van der Waals surface area contributed by atoms with Gasteiger partial charge in [0.15, 0.2) is 0 Å². The second kappa shape index (κ2) is 8.54. The van der Waals surface area contributed by atoms with E-state index in [0.29, 0.717) is 36.3 Å². The summed E-state index contributed by atoms with van der Waals surface area (Å²) in [6.45, 7) is 3.47. The number of aromatic nitrogens is 1. The maximum atomic E-state index is 13.6. The van der Waals surface area contributed by atoms with Crippen molar-refractivity contribution in [1.82, 2.24) is 9.88 Å². The van der Waals surface area contributed by atoms with Gasteiger partial charge in [0, 0.05) is 30.8 Å². The van der Waals surface area contributed by atoms with Crippen molar-refractivity contribution in [3.8, 4) is 0 Å². The Morgan fingerprint density at radius 2 is 1.77 bits per heavy atom. The number of rotatable bonds is 6. The van der Waals surface area contributed by atoms with Crippen molar-refractivity contribution in [3.63, 3.8) is 0 Å². The topological polar surface area (TPSA) is 123 Å². The number of fused-ring (bicyclic) bond motifs is 1. The minimum absolute atomic E-state index is 0.0386. The lowest BCUT2D eigenvalue weighted by atomic mass is 9.72. The van der Waals surface area contributed by atoms with Crippen LogP contribution in [-0.4, -0.2) is 39.5 Å². The van der Waals surface area contributed by atoms with E-state index in [1.165, 1.54) is 25.1 Å². The van der Waals surface area contributed by atoms with E-state index in [9.17, 15) is 32.3 Å². The zero-order valence-corrected chi connectivity index (χ0v) is 19.3. The first kappa shape index (κ1) is 24.5. The first-order valence-corrected chi connectivity index (χ1v) is 11.2. The zero-order chi connectivity index (χ0) is 25.7. The van der Waals surface area contributed by atoms with Crippen molar-refractivity contribution in [2.75, 3.05) is 5.32 Å². The number of nitrogens with two attached hydrogens (primary N) is 1. The van der Waals surface area contributed by atoms with E-state index in [0.717, 1.165) is 6.42 Å². The number of halogens is 3. The monoisotopic (exact) mass is 490 g/mol. The smallest absolute Gasteiger partial charge is 0.294 e. The molecule has 8 nitrogen and oxygen atoms in total. The predicted octanol–water partition coefficient (Wildman–Crippen LogP) is 2.78. The third kappa shape index (κ3) is 4.30. The Morgan fingerprint density at radius 3 is 2.37 bits per heavy atom. The third-order valence-electron chi connectivity index (χ3n) is 6.67. The quantitative estimate of drug-likeness (QED) is 0.426. The van der Waals surface area contributed by atoms with Gasteiger partial charge < -0.3 is 20.9 Å². The molecule has 1 saturated carbocycles. The molecule has 1 aromatic carbocycles. The number of primary amides is 1. The number of ketones is 1. The first-order valence-electron chi connectivity index (χ1n) is 11.2. The van der Waals surface area contributed by atoms with Crippen LogP contribution in [0.25, 0.3) is 0 Å². The number of carbonyl (C=O) groups is 4. The van der Waals surface area contributed by atoms with Gasteiger partial charge in [0.2, 0.25) is 5.91 Å². The van der Waals surface area contributed by atoms with Crippen LogP contribution in [0.2, 0.25) is 0 Å². The fourth-order valence-corrected chi connectivity index (χ4v) is 4.92. The molecule has 1 aliphatic carbocycles. The Kier molecular flexibility index (Phi) is 5.98. The largest absolute Gasteiger partial charge is 0.368 e. The van der Waals surface area contributed by atoms with Crippen molar-refractivity contribution >= 4 is 29.2 Å². The summed E-state index contributed by atoms with van der Waals surface area (Å²) in [7, 11) is 0. The van der Waals surface area contributed by atoms with Crippen LogP contribution < -0.4 is 16.4 Å². The zero-order valence-electron chi connectivity index (χ0n) is 19.3. The summed E-state index contributed by atoms with van der Waals surface area (Å²) in [5, 5.41) is 4.82. The molecule has 186 valence electrons. The van der Waals surface area contributed by atoms with E-state index in [1.54, 1.807) is 11.5 Å². The Hall–Kier alpha value is -3.63. The number of aryl methyl sites for hydroxylation is 1. The van der Waals surface area contributed by atoms with Crippen molar-refractivity contribution < 1.29 is 32.3 Å². The number of nitrogens with zero attached hydrogens (tertiary/aromatic N) is 1. The van der Waals surface area contributed by atoms with E-state index in [2.05, 4.69) is 10.6 Å². The Balaban J connectivity index is 1.65. The molecule has 0 atom stereocenters. The van der Waals surface area contributed by atoms with Gasteiger partial charge in [-0.15, -0.1) is 0 Å². The summed E-state index contributed by atoms with van der Waals surface area (Å²) < 4.78 is 42.1. The molecule has 0 spiro atoms. The van der Waals surface area contributed by atoms with Gasteiger partial charge in [0.05, 0.1) is 11.3 Å². The molecule has 0 bridgehead atoms. The highest BCUT2D eigenvalue weighted by Gasteiger charge is 2.61. The highest BCUT2D eigenvalue weighted by molar-refractivity contribution is 6.43. The lowest BCUT2D eigenvalue weighted by Gasteiger charge is -2.44. The number of anilines is 1. The average molecular weight is 490 g/mol. The normalized spacial score (nSPS) is 17.6. The molecule has 2 heterocycles. The lowest BCUT2D eigenvalue weighted by molar-refractivity contribution is -0.162. The van der Waals surface area contributed by atoms with Crippen LogP contribution in [0.15, 0.2) is 18.2 Å². The second-order valence-corrected chi connectivity index (χ2v) is 9.26. The summed E-state index contributed by atoms with van der Waals surface area (Å²) in [5.74, 6) is -7.54. The Bertz CT molecular complexity index is 1260. The van der Waals surface area contributed by atoms with Gasteiger partial charge in [-0.25, -0.2) is 13.2 Å². The molecular formula is C24H25F3N4O4. The van der Waals surface area contributed by atoms with Gasteiger partial charge in [-0.3, -0.25) is 19.2 Å². The summed E-state index contributed by atoms with van der Waals surface area (Å²) in [6.07, 6.45) is -0.00910. The number of amides is 3. The number of benzene rings is 1. The molecule has 0 radical (unpaired) electrons. The van der Waals surface area contributed by atoms with Crippen molar-refractivity contribution in [2.24, 2.45) is 5.73 Å². The van der Waals surface area contributed by atoms with Crippen LogP contribution >= 0.6 is 0 Å². The average Bonchev–Trinajstić information content (AvgIpc) is 3.05. The van der Waals surface area contributed by atoms with Crippen molar-refractivity contribution in [3.05, 3.63) is 52.1 Å². The van der Waals surface area contributed by atoms with Crippen LogP contribution in [0.1, 0.15) is 63.4 Å². The maximum absolute atomic E-state index is 13.6. The predicted molar refractivity (Wildman–Crippen MR) is 120 cm³/mol. The van der Waals surface area contributed by atoms with Gasteiger partial charge in [-0.05, 0) is 62.4 Å². The van der Waals surface area contributed by atoms with Crippen LogP contribution in [0, 0.1) is 19.7 Å². The van der Waals surface area contributed by atoms with Gasteiger partial charge in [-0.2, -0.15) is 0 Å². The number of nitrogens with one attached hydrogen (secondary N) is 2. The standard InChI is InChI=1S/C24H25F3N4O4/c1-12-9-14(6-7-15(12)25)29-20(33)17-13(2)18(31-8-4-3-5-16(17)31)19(32)21(34)30-23(22(28)35)10-24(26,27)11-23/h6-7,9H,3-5,8,10-11H2,1-2H3,(H2,28,35)(H,29,33)(H,30,34). The van der Waals surface area contributed by atoms with E-state index >= 15 is 0 Å². The fourth-order valence-electron chi connectivity index (χ4n) is 4.92. The van der Waals surface area contributed by atoms with Crippen LogP contribution in [0.5, 0.6) is 0 Å². The first-order chi connectivity index (χ1) is 16.3. The molecule has 11 heteroatoms. The van der Waals surface area contributed by atoms with Crippen LogP contribution in [0.4, 0.5) is 18.9 Å². The molecule has 3 amide bonds. The molecule has 4 rings (SSSR count). The molecule has 2 aliphatic rings. The molecule has 4 N–H and O–H groups in total. The minimum Gasteiger partial charge on any atom is -0.368 e. The number of hydrogen-bond acceptors (Lipinski definition) is 4.